The molecular formula is C14H11FN2S. The Balaban J connectivity index is 1.97. The van der Waals surface area contributed by atoms with Crippen LogP contribution in [-0.4, -0.2) is 4.98 Å². The first-order valence-corrected chi connectivity index (χ1v) is 6.75. The molecule has 0 N–H and O–H groups in total. The van der Waals surface area contributed by atoms with Crippen LogP contribution in [0.15, 0.2) is 29.6 Å². The van der Waals surface area contributed by atoms with E-state index in [4.69, 9.17) is 0 Å². The van der Waals surface area contributed by atoms with Crippen LogP contribution in [0.2, 0.25) is 0 Å². The highest BCUT2D eigenvalue weighted by molar-refractivity contribution is 7.10. The zero-order valence-corrected chi connectivity index (χ0v) is 10.5. The number of aromatic nitrogens is 1. The van der Waals surface area contributed by atoms with Gasteiger partial charge in [-0.1, -0.05) is 12.1 Å². The number of thiazole rings is 1. The molecule has 1 saturated carbocycles. The predicted octanol–water partition coefficient (Wildman–Crippen LogP) is 3.89. The van der Waals surface area contributed by atoms with Crippen LogP contribution in [-0.2, 0) is 5.41 Å². The first-order valence-electron chi connectivity index (χ1n) is 5.87. The molecule has 0 bridgehead atoms. The fourth-order valence-corrected chi connectivity index (χ4v) is 3.22. The third-order valence-electron chi connectivity index (χ3n) is 3.46. The van der Waals surface area contributed by atoms with Gasteiger partial charge >= 0.3 is 0 Å². The molecule has 1 aromatic heterocycles. The Kier molecular flexibility index (Phi) is 2.64. The fourth-order valence-electron chi connectivity index (χ4n) is 2.18. The van der Waals surface area contributed by atoms with Crippen LogP contribution in [0.4, 0.5) is 4.39 Å². The molecule has 0 radical (unpaired) electrons. The van der Waals surface area contributed by atoms with Crippen LogP contribution in [0, 0.1) is 17.1 Å². The molecule has 1 aromatic carbocycles. The van der Waals surface area contributed by atoms with Crippen molar-refractivity contribution in [2.24, 2.45) is 0 Å². The average Bonchev–Trinajstić information content (AvgIpc) is 2.78. The molecule has 0 saturated heterocycles. The highest BCUT2D eigenvalue weighted by atomic mass is 32.1. The zero-order valence-electron chi connectivity index (χ0n) is 9.69. The second-order valence-electron chi connectivity index (χ2n) is 4.60. The smallest absolute Gasteiger partial charge is 0.123 e. The van der Waals surface area contributed by atoms with Gasteiger partial charge in [-0.2, -0.15) is 5.26 Å². The molecule has 0 spiro atoms. The molecule has 0 atom stereocenters. The van der Waals surface area contributed by atoms with Gasteiger partial charge in [0.25, 0.3) is 0 Å². The summed E-state index contributed by atoms with van der Waals surface area (Å²) in [6, 6.07) is 8.78. The van der Waals surface area contributed by atoms with Gasteiger partial charge in [0.15, 0.2) is 0 Å². The molecule has 1 fully saturated rings. The maximum absolute atomic E-state index is 13.2. The molecule has 1 heterocycles. The molecule has 1 aliphatic rings. The van der Waals surface area contributed by atoms with Crippen LogP contribution >= 0.6 is 11.3 Å². The van der Waals surface area contributed by atoms with E-state index in [1.807, 2.05) is 11.4 Å². The molecule has 0 unspecified atom stereocenters. The first-order chi connectivity index (χ1) is 8.73. The van der Waals surface area contributed by atoms with E-state index in [-0.39, 0.29) is 11.2 Å². The number of hydrogen-bond donors (Lipinski definition) is 0. The number of nitriles is 1. The predicted molar refractivity (Wildman–Crippen MR) is 68.7 cm³/mol. The number of halogens is 1. The Morgan fingerprint density at radius 2 is 2.22 bits per heavy atom. The van der Waals surface area contributed by atoms with E-state index in [1.165, 1.54) is 23.5 Å². The summed E-state index contributed by atoms with van der Waals surface area (Å²) in [6.45, 7) is 0. The molecule has 0 aliphatic heterocycles. The van der Waals surface area contributed by atoms with Crippen molar-refractivity contribution in [1.82, 2.24) is 4.98 Å². The summed E-state index contributed by atoms with van der Waals surface area (Å²) in [6.07, 6.45) is 2.86. The van der Waals surface area contributed by atoms with E-state index in [0.29, 0.717) is 0 Å². The summed E-state index contributed by atoms with van der Waals surface area (Å²) < 4.78 is 13.2. The molecule has 2 nitrogen and oxygen atoms in total. The van der Waals surface area contributed by atoms with Crippen molar-refractivity contribution in [3.8, 4) is 17.3 Å². The lowest BCUT2D eigenvalue weighted by Gasteiger charge is -2.32. The first kappa shape index (κ1) is 11.4. The van der Waals surface area contributed by atoms with Gasteiger partial charge in [-0.25, -0.2) is 9.37 Å². The second kappa shape index (κ2) is 4.18. The molecule has 3 rings (SSSR count). The van der Waals surface area contributed by atoms with Gasteiger partial charge < -0.3 is 0 Å². The highest BCUT2D eigenvalue weighted by Gasteiger charge is 2.41. The normalized spacial score (nSPS) is 16.9. The van der Waals surface area contributed by atoms with Gasteiger partial charge in [-0.3, -0.25) is 0 Å². The van der Waals surface area contributed by atoms with Gasteiger partial charge in [0.1, 0.15) is 16.2 Å². The Morgan fingerprint density at radius 3 is 2.83 bits per heavy atom. The van der Waals surface area contributed by atoms with Gasteiger partial charge in [0.2, 0.25) is 0 Å². The average molecular weight is 258 g/mol. The van der Waals surface area contributed by atoms with Crippen molar-refractivity contribution in [2.75, 3.05) is 0 Å². The van der Waals surface area contributed by atoms with Crippen molar-refractivity contribution in [3.63, 3.8) is 0 Å². The summed E-state index contributed by atoms with van der Waals surface area (Å²) in [5.74, 6) is -0.263. The Labute approximate surface area is 109 Å². The minimum absolute atomic E-state index is 0.263. The third kappa shape index (κ3) is 1.72. The number of rotatable bonds is 2. The second-order valence-corrected chi connectivity index (χ2v) is 5.45. The van der Waals surface area contributed by atoms with Crippen LogP contribution < -0.4 is 0 Å². The zero-order chi connectivity index (χ0) is 12.6. The Hall–Kier alpha value is -1.73. The highest BCUT2D eigenvalue weighted by Crippen LogP contribution is 2.45. The lowest BCUT2D eigenvalue weighted by Crippen LogP contribution is -2.32. The van der Waals surface area contributed by atoms with Crippen molar-refractivity contribution in [3.05, 3.63) is 40.5 Å². The maximum atomic E-state index is 13.2. The minimum Gasteiger partial charge on any atom is -0.240 e. The van der Waals surface area contributed by atoms with Crippen LogP contribution in [0.5, 0.6) is 0 Å². The Bertz CT molecular complexity index is 623. The number of hydrogen-bond acceptors (Lipinski definition) is 3. The summed E-state index contributed by atoms with van der Waals surface area (Å²) >= 11 is 1.50. The standard InChI is InChI=1S/C14H11FN2S/c15-11-4-1-3-10(7-11)12-8-18-13(17-12)14(9-16)5-2-6-14/h1,3-4,7-8H,2,5-6H2. The molecule has 1 aliphatic carbocycles. The van der Waals surface area contributed by atoms with Crippen molar-refractivity contribution in [1.29, 1.82) is 5.26 Å². The number of nitrogens with zero attached hydrogens (tertiary/aromatic N) is 2. The molecule has 4 heteroatoms. The molecule has 18 heavy (non-hydrogen) atoms. The van der Waals surface area contributed by atoms with Crippen LogP contribution in [0.25, 0.3) is 11.3 Å². The topological polar surface area (TPSA) is 36.7 Å². The van der Waals surface area contributed by atoms with Crippen molar-refractivity contribution in [2.45, 2.75) is 24.7 Å². The largest absolute Gasteiger partial charge is 0.240 e. The minimum atomic E-state index is -0.379. The van der Waals surface area contributed by atoms with Crippen LogP contribution in [0.3, 0.4) is 0 Å². The van der Waals surface area contributed by atoms with E-state index >= 15 is 0 Å². The van der Waals surface area contributed by atoms with Crippen LogP contribution in [0.1, 0.15) is 24.3 Å². The third-order valence-corrected chi connectivity index (χ3v) is 4.50. The summed E-state index contributed by atoms with van der Waals surface area (Å²) in [5.41, 5.74) is 1.15. The molecule has 2 aromatic rings. The van der Waals surface area contributed by atoms with E-state index in [9.17, 15) is 9.65 Å². The molecule has 90 valence electrons. The van der Waals surface area contributed by atoms with Gasteiger partial charge in [-0.05, 0) is 31.4 Å². The van der Waals surface area contributed by atoms with E-state index < -0.39 is 0 Å². The van der Waals surface area contributed by atoms with Gasteiger partial charge in [-0.15, -0.1) is 11.3 Å². The van der Waals surface area contributed by atoms with Gasteiger partial charge in [0.05, 0.1) is 11.8 Å². The lowest BCUT2D eigenvalue weighted by molar-refractivity contribution is 0.323. The Morgan fingerprint density at radius 1 is 1.39 bits per heavy atom. The maximum Gasteiger partial charge on any atom is 0.123 e. The summed E-state index contributed by atoms with van der Waals surface area (Å²) in [7, 11) is 0. The monoisotopic (exact) mass is 258 g/mol. The summed E-state index contributed by atoms with van der Waals surface area (Å²) in [4.78, 5) is 4.52. The summed E-state index contributed by atoms with van der Waals surface area (Å²) in [5, 5.41) is 12.0. The molecular weight excluding hydrogens is 247 g/mol. The lowest BCUT2D eigenvalue weighted by atomic mass is 9.70. The van der Waals surface area contributed by atoms with Crippen molar-refractivity contribution >= 4 is 11.3 Å². The number of benzene rings is 1. The quantitative estimate of drug-likeness (QED) is 0.819. The fraction of sp³-hybridized carbons (Fsp3) is 0.286. The SMILES string of the molecule is N#CC1(c2nc(-c3cccc(F)c3)cs2)CCC1. The van der Waals surface area contributed by atoms with E-state index in [1.54, 1.807) is 6.07 Å². The van der Waals surface area contributed by atoms with E-state index in [0.717, 1.165) is 35.5 Å². The van der Waals surface area contributed by atoms with Crippen molar-refractivity contribution < 1.29 is 4.39 Å². The van der Waals surface area contributed by atoms with E-state index in [2.05, 4.69) is 11.1 Å². The van der Waals surface area contributed by atoms with Gasteiger partial charge in [0, 0.05) is 10.9 Å². The molecule has 0 amide bonds.